The van der Waals surface area contributed by atoms with Gasteiger partial charge in [0.15, 0.2) is 11.5 Å². The molecule has 1 saturated heterocycles. The third-order valence-electron chi connectivity index (χ3n) is 5.19. The van der Waals surface area contributed by atoms with Crippen molar-refractivity contribution in [3.8, 4) is 11.5 Å². The Morgan fingerprint density at radius 2 is 1.92 bits per heavy atom. The zero-order chi connectivity index (χ0) is 18.7. The van der Waals surface area contributed by atoms with E-state index in [4.69, 9.17) is 9.47 Å². The molecule has 3 rings (SSSR count). The minimum atomic E-state index is -1.06. The Morgan fingerprint density at radius 1 is 1.19 bits per heavy atom. The highest BCUT2D eigenvalue weighted by Gasteiger charge is 2.50. The molecule has 0 spiro atoms. The maximum absolute atomic E-state index is 12.3. The third-order valence-corrected chi connectivity index (χ3v) is 5.19. The second kappa shape index (κ2) is 7.20. The van der Waals surface area contributed by atoms with E-state index in [0.717, 1.165) is 11.1 Å². The molecular formula is C21H23NO4. The molecule has 2 aromatic rings. The molecule has 1 fully saturated rings. The first-order chi connectivity index (χ1) is 12.5. The van der Waals surface area contributed by atoms with Gasteiger partial charge in [-0.1, -0.05) is 36.4 Å². The third kappa shape index (κ3) is 3.17. The van der Waals surface area contributed by atoms with Gasteiger partial charge in [-0.2, -0.15) is 0 Å². The van der Waals surface area contributed by atoms with Crippen LogP contribution in [0.3, 0.4) is 0 Å². The first-order valence-corrected chi connectivity index (χ1v) is 8.60. The summed E-state index contributed by atoms with van der Waals surface area (Å²) in [5.74, 6) is 0.612. The molecule has 1 N–H and O–H groups in total. The van der Waals surface area contributed by atoms with Gasteiger partial charge in [-0.3, -0.25) is 9.59 Å². The summed E-state index contributed by atoms with van der Waals surface area (Å²) < 4.78 is 11.4. The summed E-state index contributed by atoms with van der Waals surface area (Å²) in [6, 6.07) is 15.4. The largest absolute Gasteiger partial charge is 0.493 e. The molecule has 2 atom stereocenters. The lowest BCUT2D eigenvalue weighted by Crippen LogP contribution is -2.37. The fraction of sp³-hybridized carbons (Fsp3) is 0.333. The van der Waals surface area contributed by atoms with E-state index >= 15 is 0 Å². The number of carbonyl (C=O) groups excluding carboxylic acids is 2. The van der Waals surface area contributed by atoms with E-state index in [2.05, 4.69) is 5.32 Å². The quantitative estimate of drug-likeness (QED) is 0.811. The van der Waals surface area contributed by atoms with E-state index in [1.54, 1.807) is 14.0 Å². The molecule has 136 valence electrons. The van der Waals surface area contributed by atoms with Gasteiger partial charge in [0.2, 0.25) is 5.91 Å². The summed E-state index contributed by atoms with van der Waals surface area (Å²) in [7, 11) is 1.59. The molecule has 0 aliphatic carbocycles. The van der Waals surface area contributed by atoms with Crippen LogP contribution in [-0.4, -0.2) is 25.3 Å². The van der Waals surface area contributed by atoms with Gasteiger partial charge in [-0.15, -0.1) is 0 Å². The Bertz CT molecular complexity index is 818. The molecule has 1 heterocycles. The molecule has 5 nitrogen and oxygen atoms in total. The van der Waals surface area contributed by atoms with Gasteiger partial charge in [-0.25, -0.2) is 0 Å². The topological polar surface area (TPSA) is 64.6 Å². The average Bonchev–Trinajstić information content (AvgIpc) is 2.97. The molecule has 0 radical (unpaired) electrons. The highest BCUT2D eigenvalue weighted by molar-refractivity contribution is 6.07. The Labute approximate surface area is 153 Å². The summed E-state index contributed by atoms with van der Waals surface area (Å²) in [4.78, 5) is 24.4. The van der Waals surface area contributed by atoms with Crippen molar-refractivity contribution in [1.82, 2.24) is 5.32 Å². The fourth-order valence-electron chi connectivity index (χ4n) is 3.36. The van der Waals surface area contributed by atoms with E-state index in [-0.39, 0.29) is 17.6 Å². The van der Waals surface area contributed by atoms with Gasteiger partial charge >= 0.3 is 0 Å². The number of amides is 1. The first-order valence-electron chi connectivity index (χ1n) is 8.60. The molecule has 2 unspecified atom stereocenters. The molecule has 0 aromatic heterocycles. The lowest BCUT2D eigenvalue weighted by molar-refractivity contribution is -0.137. The van der Waals surface area contributed by atoms with Gasteiger partial charge in [0, 0.05) is 12.5 Å². The molecular weight excluding hydrogens is 330 g/mol. The molecule has 2 aromatic carbocycles. The van der Waals surface area contributed by atoms with Crippen molar-refractivity contribution in [2.75, 3.05) is 13.7 Å². The molecule has 0 bridgehead atoms. The normalized spacial score (nSPS) is 22.0. The molecule has 5 heteroatoms. The smallest absolute Gasteiger partial charge is 0.234 e. The Hall–Kier alpha value is -2.82. The van der Waals surface area contributed by atoms with Gasteiger partial charge in [-0.05, 0) is 37.1 Å². The second-order valence-electron chi connectivity index (χ2n) is 6.71. The number of hydrogen-bond acceptors (Lipinski definition) is 4. The van der Waals surface area contributed by atoms with Crippen molar-refractivity contribution in [1.29, 1.82) is 0 Å². The molecule has 1 aliphatic rings. The summed E-state index contributed by atoms with van der Waals surface area (Å²) >= 11 is 0. The summed E-state index contributed by atoms with van der Waals surface area (Å²) in [5.41, 5.74) is 0.863. The van der Waals surface area contributed by atoms with E-state index in [1.165, 1.54) is 6.92 Å². The maximum atomic E-state index is 12.3. The van der Waals surface area contributed by atoms with E-state index in [0.29, 0.717) is 24.7 Å². The number of rotatable bonds is 6. The van der Waals surface area contributed by atoms with Crippen molar-refractivity contribution in [2.24, 2.45) is 5.41 Å². The number of methoxy groups -OCH3 is 1. The van der Waals surface area contributed by atoms with Crippen LogP contribution in [-0.2, 0) is 16.2 Å². The standard InChI is InChI=1S/C21H23NO4/c1-14(23)21(2)17(12-22-20(21)24)16-9-10-18(25-3)19(11-16)26-13-15-7-5-4-6-8-15/h4-11,17H,12-13H2,1-3H3,(H,22,24). The predicted molar refractivity (Wildman–Crippen MR) is 98.3 cm³/mol. The minimum Gasteiger partial charge on any atom is -0.493 e. The van der Waals surface area contributed by atoms with Crippen LogP contribution in [0.1, 0.15) is 30.9 Å². The van der Waals surface area contributed by atoms with E-state index < -0.39 is 5.41 Å². The predicted octanol–water partition coefficient (Wildman–Crippen LogP) is 3.08. The van der Waals surface area contributed by atoms with Gasteiger partial charge in [0.05, 0.1) is 7.11 Å². The van der Waals surface area contributed by atoms with E-state index in [1.807, 2.05) is 48.5 Å². The highest BCUT2D eigenvalue weighted by atomic mass is 16.5. The van der Waals surface area contributed by atoms with Crippen LogP contribution in [0.15, 0.2) is 48.5 Å². The van der Waals surface area contributed by atoms with Crippen molar-refractivity contribution < 1.29 is 19.1 Å². The van der Waals surface area contributed by atoms with Crippen LogP contribution < -0.4 is 14.8 Å². The Morgan fingerprint density at radius 3 is 2.58 bits per heavy atom. The number of benzene rings is 2. The number of nitrogens with one attached hydrogen (secondary N) is 1. The van der Waals surface area contributed by atoms with Crippen LogP contribution in [0.5, 0.6) is 11.5 Å². The first kappa shape index (κ1) is 18.0. The van der Waals surface area contributed by atoms with Crippen molar-refractivity contribution in [2.45, 2.75) is 26.4 Å². The molecule has 26 heavy (non-hydrogen) atoms. The summed E-state index contributed by atoms with van der Waals surface area (Å²) in [5, 5.41) is 2.81. The highest BCUT2D eigenvalue weighted by Crippen LogP contribution is 2.43. The molecule has 1 aliphatic heterocycles. The minimum absolute atomic E-state index is 0.139. The zero-order valence-electron chi connectivity index (χ0n) is 15.2. The number of hydrogen-bond donors (Lipinski definition) is 1. The SMILES string of the molecule is COc1ccc(C2CNC(=O)C2(C)C(C)=O)cc1OCc1ccccc1. The number of Topliss-reactive ketones (excluding diaryl/α,β-unsaturated/α-hetero) is 1. The number of ether oxygens (including phenoxy) is 2. The summed E-state index contributed by atoms with van der Waals surface area (Å²) in [6.07, 6.45) is 0. The van der Waals surface area contributed by atoms with Gasteiger partial charge in [0.1, 0.15) is 17.8 Å². The lowest BCUT2D eigenvalue weighted by Gasteiger charge is -2.26. The van der Waals surface area contributed by atoms with Crippen LogP contribution in [0.2, 0.25) is 0 Å². The van der Waals surface area contributed by atoms with Crippen molar-refractivity contribution >= 4 is 11.7 Å². The maximum Gasteiger partial charge on any atom is 0.234 e. The van der Waals surface area contributed by atoms with Crippen LogP contribution in [0.25, 0.3) is 0 Å². The summed E-state index contributed by atoms with van der Waals surface area (Å²) in [6.45, 7) is 4.01. The van der Waals surface area contributed by atoms with Gasteiger partial charge < -0.3 is 14.8 Å². The lowest BCUT2D eigenvalue weighted by atomic mass is 9.73. The van der Waals surface area contributed by atoms with Crippen LogP contribution in [0, 0.1) is 5.41 Å². The number of ketones is 1. The average molecular weight is 353 g/mol. The Kier molecular flexibility index (Phi) is 4.98. The van der Waals surface area contributed by atoms with E-state index in [9.17, 15) is 9.59 Å². The van der Waals surface area contributed by atoms with Crippen molar-refractivity contribution in [3.63, 3.8) is 0 Å². The van der Waals surface area contributed by atoms with Crippen LogP contribution >= 0.6 is 0 Å². The molecule has 0 saturated carbocycles. The number of carbonyl (C=O) groups is 2. The van der Waals surface area contributed by atoms with Crippen molar-refractivity contribution in [3.05, 3.63) is 59.7 Å². The monoisotopic (exact) mass is 353 g/mol. The fourth-order valence-corrected chi connectivity index (χ4v) is 3.36. The van der Waals surface area contributed by atoms with Gasteiger partial charge in [0.25, 0.3) is 0 Å². The molecule has 1 amide bonds. The Balaban J connectivity index is 1.90. The zero-order valence-corrected chi connectivity index (χ0v) is 15.2. The van der Waals surface area contributed by atoms with Crippen LogP contribution in [0.4, 0.5) is 0 Å². The second-order valence-corrected chi connectivity index (χ2v) is 6.71.